The number of anilines is 1. The first-order valence-electron chi connectivity index (χ1n) is 8.29. The summed E-state index contributed by atoms with van der Waals surface area (Å²) in [5, 5.41) is 12.8. The second-order valence-corrected chi connectivity index (χ2v) is 7.13. The molecule has 1 aromatic rings. The molecule has 23 heavy (non-hydrogen) atoms. The Labute approximate surface area is 138 Å². The number of rotatable bonds is 4. The highest BCUT2D eigenvalue weighted by atomic mass is 16.6. The number of para-hydroxylation sites is 1. The first-order valence-corrected chi connectivity index (χ1v) is 8.29. The van der Waals surface area contributed by atoms with Gasteiger partial charge in [0, 0.05) is 30.9 Å². The zero-order chi connectivity index (χ0) is 16.9. The molecular formula is C18H28N2O3. The number of ether oxygens (including phenoxy) is 1. The van der Waals surface area contributed by atoms with Crippen LogP contribution in [0.1, 0.15) is 39.2 Å². The van der Waals surface area contributed by atoms with Crippen molar-refractivity contribution in [3.05, 3.63) is 29.8 Å². The van der Waals surface area contributed by atoms with Crippen LogP contribution in [-0.2, 0) is 11.3 Å². The first-order chi connectivity index (χ1) is 10.9. The molecule has 1 atom stereocenters. The second-order valence-electron chi connectivity index (χ2n) is 7.13. The Hall–Kier alpha value is -1.75. The third kappa shape index (κ3) is 5.43. The van der Waals surface area contributed by atoms with Gasteiger partial charge in [0.05, 0.1) is 6.61 Å². The Balaban J connectivity index is 1.88. The molecule has 128 valence electrons. The molecule has 1 aliphatic rings. The monoisotopic (exact) mass is 320 g/mol. The summed E-state index contributed by atoms with van der Waals surface area (Å²) in [5.41, 5.74) is 1.40. The number of aliphatic hydroxyl groups is 1. The average molecular weight is 320 g/mol. The van der Waals surface area contributed by atoms with E-state index in [2.05, 4.69) is 5.32 Å². The van der Waals surface area contributed by atoms with E-state index in [0.717, 1.165) is 37.2 Å². The smallest absolute Gasteiger partial charge is 0.410 e. The standard InChI is InChI=1S/C18H28N2O3/c1-18(2,3)23-17(22)20-10-6-7-14(12-20)11-19-16-9-5-4-8-15(16)13-21/h4-5,8-9,14,19,21H,6-7,10-13H2,1-3H3. The summed E-state index contributed by atoms with van der Waals surface area (Å²) in [6.45, 7) is 7.95. The van der Waals surface area contributed by atoms with E-state index in [9.17, 15) is 9.90 Å². The minimum absolute atomic E-state index is 0.0257. The van der Waals surface area contributed by atoms with E-state index in [4.69, 9.17) is 4.74 Å². The van der Waals surface area contributed by atoms with Crippen molar-refractivity contribution in [3.8, 4) is 0 Å². The van der Waals surface area contributed by atoms with E-state index in [-0.39, 0.29) is 12.7 Å². The minimum Gasteiger partial charge on any atom is -0.444 e. The van der Waals surface area contributed by atoms with Crippen LogP contribution in [0.5, 0.6) is 0 Å². The summed E-state index contributed by atoms with van der Waals surface area (Å²) in [5.74, 6) is 0.392. The molecule has 1 saturated heterocycles. The number of hydrogen-bond acceptors (Lipinski definition) is 4. The van der Waals surface area contributed by atoms with Crippen molar-refractivity contribution in [2.45, 2.75) is 45.8 Å². The Kier molecular flexibility index (Phi) is 5.88. The number of aliphatic hydroxyl groups excluding tert-OH is 1. The molecule has 1 fully saturated rings. The number of carbonyl (C=O) groups excluding carboxylic acids is 1. The van der Waals surface area contributed by atoms with E-state index in [1.807, 2.05) is 45.0 Å². The van der Waals surface area contributed by atoms with Gasteiger partial charge in [-0.05, 0) is 45.6 Å². The second kappa shape index (κ2) is 7.68. The van der Waals surface area contributed by atoms with Crippen molar-refractivity contribution in [2.75, 3.05) is 25.0 Å². The Morgan fingerprint density at radius 2 is 2.13 bits per heavy atom. The minimum atomic E-state index is -0.456. The fourth-order valence-corrected chi connectivity index (χ4v) is 2.81. The summed E-state index contributed by atoms with van der Waals surface area (Å²) in [4.78, 5) is 14.0. The molecule has 2 N–H and O–H groups in total. The molecule has 5 nitrogen and oxygen atoms in total. The highest BCUT2D eigenvalue weighted by molar-refractivity contribution is 5.68. The number of benzene rings is 1. The number of carbonyl (C=O) groups is 1. The average Bonchev–Trinajstić information content (AvgIpc) is 2.52. The zero-order valence-electron chi connectivity index (χ0n) is 14.3. The fraction of sp³-hybridized carbons (Fsp3) is 0.611. The summed E-state index contributed by atoms with van der Waals surface area (Å²) >= 11 is 0. The predicted molar refractivity (Wildman–Crippen MR) is 91.4 cm³/mol. The van der Waals surface area contributed by atoms with E-state index in [0.29, 0.717) is 12.5 Å². The van der Waals surface area contributed by atoms with Gasteiger partial charge in [0.2, 0.25) is 0 Å². The SMILES string of the molecule is CC(C)(C)OC(=O)N1CCCC(CNc2ccccc2CO)C1. The molecule has 2 rings (SSSR count). The molecular weight excluding hydrogens is 292 g/mol. The number of hydrogen-bond donors (Lipinski definition) is 2. The van der Waals surface area contributed by atoms with Crippen molar-refractivity contribution in [3.63, 3.8) is 0 Å². The number of amides is 1. The first kappa shape index (κ1) is 17.6. The van der Waals surface area contributed by atoms with Gasteiger partial charge in [-0.2, -0.15) is 0 Å². The molecule has 0 radical (unpaired) electrons. The molecule has 1 aliphatic heterocycles. The molecule has 5 heteroatoms. The Bertz CT molecular complexity index is 525. The molecule has 1 amide bonds. The maximum atomic E-state index is 12.2. The van der Waals surface area contributed by atoms with Crippen LogP contribution in [0.25, 0.3) is 0 Å². The van der Waals surface area contributed by atoms with Crippen LogP contribution in [0.2, 0.25) is 0 Å². The molecule has 0 spiro atoms. The van der Waals surface area contributed by atoms with Crippen LogP contribution in [0, 0.1) is 5.92 Å². The van der Waals surface area contributed by atoms with Gasteiger partial charge in [0.15, 0.2) is 0 Å². The van der Waals surface area contributed by atoms with E-state index in [1.165, 1.54) is 0 Å². The summed E-state index contributed by atoms with van der Waals surface area (Å²) < 4.78 is 5.46. The lowest BCUT2D eigenvalue weighted by molar-refractivity contribution is 0.0172. The van der Waals surface area contributed by atoms with E-state index < -0.39 is 5.60 Å². The van der Waals surface area contributed by atoms with Crippen molar-refractivity contribution in [2.24, 2.45) is 5.92 Å². The Morgan fingerprint density at radius 1 is 1.39 bits per heavy atom. The molecule has 0 aromatic heterocycles. The van der Waals surface area contributed by atoms with Crippen LogP contribution in [0.4, 0.5) is 10.5 Å². The quantitative estimate of drug-likeness (QED) is 0.894. The van der Waals surface area contributed by atoms with Gasteiger partial charge in [-0.1, -0.05) is 18.2 Å². The third-order valence-corrected chi connectivity index (χ3v) is 3.94. The van der Waals surface area contributed by atoms with Gasteiger partial charge in [0.1, 0.15) is 5.60 Å². The molecule has 1 heterocycles. The molecule has 1 unspecified atom stereocenters. The van der Waals surface area contributed by atoms with Crippen molar-refractivity contribution < 1.29 is 14.6 Å². The van der Waals surface area contributed by atoms with Crippen LogP contribution < -0.4 is 5.32 Å². The van der Waals surface area contributed by atoms with Crippen molar-refractivity contribution >= 4 is 11.8 Å². The lowest BCUT2D eigenvalue weighted by Crippen LogP contribution is -2.44. The summed E-state index contributed by atoms with van der Waals surface area (Å²) in [7, 11) is 0. The third-order valence-electron chi connectivity index (χ3n) is 3.94. The number of piperidine rings is 1. The maximum Gasteiger partial charge on any atom is 0.410 e. The van der Waals surface area contributed by atoms with Gasteiger partial charge >= 0.3 is 6.09 Å². The lowest BCUT2D eigenvalue weighted by Gasteiger charge is -2.34. The van der Waals surface area contributed by atoms with Gasteiger partial charge in [-0.3, -0.25) is 0 Å². The zero-order valence-corrected chi connectivity index (χ0v) is 14.3. The lowest BCUT2D eigenvalue weighted by atomic mass is 9.98. The number of likely N-dealkylation sites (tertiary alicyclic amines) is 1. The number of nitrogens with one attached hydrogen (secondary N) is 1. The van der Waals surface area contributed by atoms with Gasteiger partial charge < -0.3 is 20.1 Å². The molecule has 0 aliphatic carbocycles. The summed E-state index contributed by atoms with van der Waals surface area (Å²) in [6.07, 6.45) is 1.86. The van der Waals surface area contributed by atoms with E-state index in [1.54, 1.807) is 4.90 Å². The highest BCUT2D eigenvalue weighted by Crippen LogP contribution is 2.21. The van der Waals surface area contributed by atoms with Crippen LogP contribution in [-0.4, -0.2) is 41.3 Å². The van der Waals surface area contributed by atoms with Crippen LogP contribution >= 0.6 is 0 Å². The van der Waals surface area contributed by atoms with Gasteiger partial charge in [-0.25, -0.2) is 4.79 Å². The fourth-order valence-electron chi connectivity index (χ4n) is 2.81. The van der Waals surface area contributed by atoms with E-state index >= 15 is 0 Å². The maximum absolute atomic E-state index is 12.2. The predicted octanol–water partition coefficient (Wildman–Crippen LogP) is 3.24. The highest BCUT2D eigenvalue weighted by Gasteiger charge is 2.27. The van der Waals surface area contributed by atoms with Gasteiger partial charge in [0.25, 0.3) is 0 Å². The largest absolute Gasteiger partial charge is 0.444 e. The molecule has 0 saturated carbocycles. The Morgan fingerprint density at radius 3 is 2.83 bits per heavy atom. The normalized spacial score (nSPS) is 18.6. The molecule has 1 aromatic carbocycles. The summed E-state index contributed by atoms with van der Waals surface area (Å²) in [6, 6.07) is 7.76. The van der Waals surface area contributed by atoms with Gasteiger partial charge in [-0.15, -0.1) is 0 Å². The van der Waals surface area contributed by atoms with Crippen molar-refractivity contribution in [1.29, 1.82) is 0 Å². The van der Waals surface area contributed by atoms with Crippen LogP contribution in [0.3, 0.4) is 0 Å². The van der Waals surface area contributed by atoms with Crippen molar-refractivity contribution in [1.82, 2.24) is 4.90 Å². The number of nitrogens with zero attached hydrogens (tertiary/aromatic N) is 1. The van der Waals surface area contributed by atoms with Crippen LogP contribution in [0.15, 0.2) is 24.3 Å². The topological polar surface area (TPSA) is 61.8 Å². The molecule has 0 bridgehead atoms.